The Kier molecular flexibility index (Phi) is 2.35. The number of benzene rings is 1. The first-order valence-electron chi connectivity index (χ1n) is 6.65. The molecule has 2 bridgehead atoms. The summed E-state index contributed by atoms with van der Waals surface area (Å²) >= 11 is 0. The molecule has 5 nitrogen and oxygen atoms in total. The standard InChI is InChI=1S/C14H15N3O2/c15-11-4-2-1-3-9(11)14-16-13(17-19-14)10-7-8-5-6-12(10)18-8/h1-4,8,10,12H,5-7,15H2. The van der Waals surface area contributed by atoms with Crippen molar-refractivity contribution in [3.8, 4) is 11.5 Å². The molecule has 0 aliphatic carbocycles. The first-order chi connectivity index (χ1) is 9.31. The van der Waals surface area contributed by atoms with Crippen LogP contribution in [0.5, 0.6) is 0 Å². The second kappa shape index (κ2) is 4.06. The van der Waals surface area contributed by atoms with E-state index in [9.17, 15) is 0 Å². The number of ether oxygens (including phenoxy) is 1. The number of hydrogen-bond donors (Lipinski definition) is 1. The van der Waals surface area contributed by atoms with Crippen LogP contribution < -0.4 is 5.73 Å². The highest BCUT2D eigenvalue weighted by Crippen LogP contribution is 2.43. The van der Waals surface area contributed by atoms with Crippen LogP contribution in [-0.4, -0.2) is 22.3 Å². The number of nitrogen functional groups attached to an aromatic ring is 1. The molecule has 2 aromatic rings. The van der Waals surface area contributed by atoms with Crippen molar-refractivity contribution >= 4 is 5.69 Å². The number of hydrogen-bond acceptors (Lipinski definition) is 5. The predicted molar refractivity (Wildman–Crippen MR) is 69.4 cm³/mol. The average molecular weight is 257 g/mol. The Morgan fingerprint density at radius 2 is 2.11 bits per heavy atom. The van der Waals surface area contributed by atoms with Gasteiger partial charge in [-0.2, -0.15) is 4.98 Å². The zero-order chi connectivity index (χ0) is 12.8. The van der Waals surface area contributed by atoms with Gasteiger partial charge in [-0.15, -0.1) is 0 Å². The fourth-order valence-corrected chi connectivity index (χ4v) is 3.10. The van der Waals surface area contributed by atoms with Crippen molar-refractivity contribution in [3.05, 3.63) is 30.1 Å². The van der Waals surface area contributed by atoms with Crippen LogP contribution in [-0.2, 0) is 4.74 Å². The number of rotatable bonds is 2. The van der Waals surface area contributed by atoms with Crippen LogP contribution in [0.2, 0.25) is 0 Å². The van der Waals surface area contributed by atoms with Crippen molar-refractivity contribution in [2.45, 2.75) is 37.4 Å². The summed E-state index contributed by atoms with van der Waals surface area (Å²) in [5, 5.41) is 4.11. The monoisotopic (exact) mass is 257 g/mol. The van der Waals surface area contributed by atoms with Gasteiger partial charge in [-0.3, -0.25) is 0 Å². The molecule has 3 unspecified atom stereocenters. The molecule has 3 atom stereocenters. The Morgan fingerprint density at radius 3 is 2.84 bits per heavy atom. The first kappa shape index (κ1) is 11.0. The van der Waals surface area contributed by atoms with Crippen LogP contribution in [0.25, 0.3) is 11.5 Å². The number of para-hydroxylation sites is 1. The molecule has 2 aliphatic heterocycles. The highest BCUT2D eigenvalue weighted by Gasteiger charge is 2.43. The van der Waals surface area contributed by atoms with E-state index in [2.05, 4.69) is 10.1 Å². The molecule has 0 radical (unpaired) electrons. The van der Waals surface area contributed by atoms with Crippen molar-refractivity contribution in [2.24, 2.45) is 0 Å². The summed E-state index contributed by atoms with van der Waals surface area (Å²) in [6.07, 6.45) is 3.93. The minimum absolute atomic E-state index is 0.267. The lowest BCUT2D eigenvalue weighted by atomic mass is 9.89. The highest BCUT2D eigenvalue weighted by molar-refractivity contribution is 5.69. The summed E-state index contributed by atoms with van der Waals surface area (Å²) in [6, 6.07) is 7.53. The largest absolute Gasteiger partial charge is 0.398 e. The molecule has 98 valence electrons. The van der Waals surface area contributed by atoms with Crippen LogP contribution in [0.3, 0.4) is 0 Å². The van der Waals surface area contributed by atoms with E-state index in [0.29, 0.717) is 17.7 Å². The molecule has 2 aliphatic rings. The van der Waals surface area contributed by atoms with Gasteiger partial charge in [0.25, 0.3) is 5.89 Å². The summed E-state index contributed by atoms with van der Waals surface area (Å²) in [5.41, 5.74) is 7.37. The van der Waals surface area contributed by atoms with Crippen LogP contribution in [0.4, 0.5) is 5.69 Å². The van der Waals surface area contributed by atoms with Crippen LogP contribution in [0.1, 0.15) is 31.0 Å². The predicted octanol–water partition coefficient (Wildman–Crippen LogP) is 2.35. The number of aromatic nitrogens is 2. The van der Waals surface area contributed by atoms with Gasteiger partial charge in [-0.05, 0) is 31.4 Å². The van der Waals surface area contributed by atoms with E-state index in [1.165, 1.54) is 0 Å². The molecule has 0 spiro atoms. The molecule has 0 saturated carbocycles. The Hall–Kier alpha value is -1.88. The van der Waals surface area contributed by atoms with E-state index in [1.807, 2.05) is 24.3 Å². The molecule has 4 rings (SSSR count). The van der Waals surface area contributed by atoms with Crippen molar-refractivity contribution in [1.82, 2.24) is 10.1 Å². The van der Waals surface area contributed by atoms with Gasteiger partial charge in [0.15, 0.2) is 5.82 Å². The zero-order valence-electron chi connectivity index (χ0n) is 10.5. The molecule has 1 aromatic heterocycles. The second-order valence-electron chi connectivity index (χ2n) is 5.26. The Balaban J connectivity index is 1.65. The third kappa shape index (κ3) is 1.73. The lowest BCUT2D eigenvalue weighted by Crippen LogP contribution is -2.15. The van der Waals surface area contributed by atoms with Crippen LogP contribution in [0.15, 0.2) is 28.8 Å². The molecule has 0 amide bonds. The number of fused-ring (bicyclic) bond motifs is 2. The zero-order valence-corrected chi connectivity index (χ0v) is 10.5. The maximum atomic E-state index is 5.92. The Bertz CT molecular complexity index is 610. The van der Waals surface area contributed by atoms with E-state index < -0.39 is 0 Å². The molecule has 2 fully saturated rings. The van der Waals surface area contributed by atoms with Crippen molar-refractivity contribution in [2.75, 3.05) is 5.73 Å². The lowest BCUT2D eigenvalue weighted by Gasteiger charge is -2.13. The van der Waals surface area contributed by atoms with Crippen LogP contribution in [0, 0.1) is 0 Å². The Labute approximate surface area is 110 Å². The van der Waals surface area contributed by atoms with Gasteiger partial charge in [0.2, 0.25) is 0 Å². The molecule has 2 N–H and O–H groups in total. The van der Waals surface area contributed by atoms with Crippen molar-refractivity contribution < 1.29 is 9.26 Å². The molecule has 5 heteroatoms. The molecule has 2 saturated heterocycles. The summed E-state index contributed by atoms with van der Waals surface area (Å²) in [7, 11) is 0. The maximum absolute atomic E-state index is 5.92. The van der Waals surface area contributed by atoms with E-state index in [1.54, 1.807) is 0 Å². The average Bonchev–Trinajstić information content (AvgIpc) is 3.15. The normalized spacial score (nSPS) is 28.9. The van der Waals surface area contributed by atoms with Gasteiger partial charge >= 0.3 is 0 Å². The van der Waals surface area contributed by atoms with Gasteiger partial charge in [-0.1, -0.05) is 17.3 Å². The lowest BCUT2D eigenvalue weighted by molar-refractivity contribution is 0.0996. The first-order valence-corrected chi connectivity index (χ1v) is 6.65. The summed E-state index contributed by atoms with van der Waals surface area (Å²) in [6.45, 7) is 0. The summed E-state index contributed by atoms with van der Waals surface area (Å²) < 4.78 is 11.2. The van der Waals surface area contributed by atoms with Crippen molar-refractivity contribution in [1.29, 1.82) is 0 Å². The third-order valence-electron chi connectivity index (χ3n) is 4.07. The molecular formula is C14H15N3O2. The highest BCUT2D eigenvalue weighted by atomic mass is 16.5. The van der Waals surface area contributed by atoms with Crippen molar-refractivity contribution in [3.63, 3.8) is 0 Å². The SMILES string of the molecule is Nc1ccccc1-c1nc(C2CC3CCC2O3)no1. The van der Waals surface area contributed by atoms with Gasteiger partial charge < -0.3 is 15.0 Å². The fraction of sp³-hybridized carbons (Fsp3) is 0.429. The fourth-order valence-electron chi connectivity index (χ4n) is 3.10. The minimum Gasteiger partial charge on any atom is -0.398 e. The Morgan fingerprint density at radius 1 is 1.21 bits per heavy atom. The van der Waals surface area contributed by atoms with Gasteiger partial charge in [0.1, 0.15) is 0 Å². The molecule has 1 aromatic carbocycles. The van der Waals surface area contributed by atoms with Crippen LogP contribution >= 0.6 is 0 Å². The third-order valence-corrected chi connectivity index (χ3v) is 4.07. The topological polar surface area (TPSA) is 74.2 Å². The van der Waals surface area contributed by atoms with Gasteiger partial charge in [-0.25, -0.2) is 0 Å². The van der Waals surface area contributed by atoms with E-state index >= 15 is 0 Å². The number of nitrogens with two attached hydrogens (primary N) is 1. The van der Waals surface area contributed by atoms with E-state index in [0.717, 1.165) is 30.7 Å². The number of anilines is 1. The van der Waals surface area contributed by atoms with Gasteiger partial charge in [0, 0.05) is 5.69 Å². The molecular weight excluding hydrogens is 242 g/mol. The maximum Gasteiger partial charge on any atom is 0.260 e. The smallest absolute Gasteiger partial charge is 0.260 e. The molecule has 3 heterocycles. The molecule has 19 heavy (non-hydrogen) atoms. The van der Waals surface area contributed by atoms with E-state index in [-0.39, 0.29) is 12.0 Å². The minimum atomic E-state index is 0.267. The quantitative estimate of drug-likeness (QED) is 0.836. The summed E-state index contributed by atoms with van der Waals surface area (Å²) in [4.78, 5) is 4.50. The van der Waals surface area contributed by atoms with E-state index in [4.69, 9.17) is 15.0 Å². The van der Waals surface area contributed by atoms with Gasteiger partial charge in [0.05, 0.1) is 23.7 Å². The summed E-state index contributed by atoms with van der Waals surface area (Å²) in [5.74, 6) is 1.53. The second-order valence-corrected chi connectivity index (χ2v) is 5.26. The number of nitrogens with zero attached hydrogens (tertiary/aromatic N) is 2.